The highest BCUT2D eigenvalue weighted by Gasteiger charge is 2.06. The Kier molecular flexibility index (Phi) is 5.15. The summed E-state index contributed by atoms with van der Waals surface area (Å²) in [4.78, 5) is 21.8. The van der Waals surface area contributed by atoms with E-state index >= 15 is 0 Å². The van der Waals surface area contributed by atoms with Crippen LogP contribution in [0, 0.1) is 6.92 Å². The zero-order chi connectivity index (χ0) is 12.8. The van der Waals surface area contributed by atoms with Crippen LogP contribution in [0.3, 0.4) is 0 Å². The number of rotatable bonds is 5. The fourth-order valence-electron chi connectivity index (χ4n) is 1.34. The monoisotopic (exact) mass is 299 g/mol. The van der Waals surface area contributed by atoms with Crippen LogP contribution in [0.1, 0.15) is 24.8 Å². The van der Waals surface area contributed by atoms with Gasteiger partial charge in [-0.1, -0.05) is 22.0 Å². The summed E-state index contributed by atoms with van der Waals surface area (Å²) >= 11 is 3.33. The molecule has 17 heavy (non-hydrogen) atoms. The summed E-state index contributed by atoms with van der Waals surface area (Å²) in [7, 11) is 0. The highest BCUT2D eigenvalue weighted by atomic mass is 79.9. The largest absolute Gasteiger partial charge is 0.481 e. The predicted molar refractivity (Wildman–Crippen MR) is 69.0 cm³/mol. The van der Waals surface area contributed by atoms with Crippen LogP contribution < -0.4 is 5.32 Å². The lowest BCUT2D eigenvalue weighted by atomic mass is 10.2. The zero-order valence-corrected chi connectivity index (χ0v) is 11.1. The average molecular weight is 300 g/mol. The maximum atomic E-state index is 11.5. The molecule has 1 aromatic rings. The normalized spacial score (nSPS) is 10.0. The minimum Gasteiger partial charge on any atom is -0.481 e. The molecule has 0 saturated carbocycles. The van der Waals surface area contributed by atoms with Gasteiger partial charge in [-0.25, -0.2) is 0 Å². The Bertz CT molecular complexity index is 432. The molecule has 0 aromatic heterocycles. The number of aliphatic carboxylic acids is 1. The Morgan fingerprint density at radius 3 is 2.71 bits per heavy atom. The van der Waals surface area contributed by atoms with E-state index in [0.717, 1.165) is 15.7 Å². The van der Waals surface area contributed by atoms with Crippen molar-refractivity contribution in [2.75, 3.05) is 5.32 Å². The molecule has 0 atom stereocenters. The third-order valence-corrected chi connectivity index (χ3v) is 2.76. The molecular weight excluding hydrogens is 286 g/mol. The van der Waals surface area contributed by atoms with Crippen molar-refractivity contribution >= 4 is 33.5 Å². The molecule has 0 aliphatic heterocycles. The third-order valence-electron chi connectivity index (χ3n) is 2.27. The number of nitrogens with one attached hydrogen (secondary N) is 1. The van der Waals surface area contributed by atoms with Gasteiger partial charge in [-0.3, -0.25) is 9.59 Å². The first-order valence-electron chi connectivity index (χ1n) is 5.27. The van der Waals surface area contributed by atoms with Crippen LogP contribution in [0.2, 0.25) is 0 Å². The number of hydrogen-bond donors (Lipinski definition) is 2. The summed E-state index contributed by atoms with van der Waals surface area (Å²) in [6, 6.07) is 5.62. The van der Waals surface area contributed by atoms with Crippen LogP contribution in [-0.4, -0.2) is 17.0 Å². The number of carboxylic acids is 1. The number of hydrogen-bond acceptors (Lipinski definition) is 2. The van der Waals surface area contributed by atoms with Gasteiger partial charge in [-0.05, 0) is 31.0 Å². The highest BCUT2D eigenvalue weighted by Crippen LogP contribution is 2.20. The van der Waals surface area contributed by atoms with Gasteiger partial charge in [0.05, 0.1) is 0 Å². The van der Waals surface area contributed by atoms with Crippen molar-refractivity contribution in [1.29, 1.82) is 0 Å². The van der Waals surface area contributed by atoms with Crippen molar-refractivity contribution in [3.05, 3.63) is 28.2 Å². The molecular formula is C12H14BrNO3. The van der Waals surface area contributed by atoms with E-state index in [2.05, 4.69) is 21.2 Å². The molecule has 0 aliphatic rings. The van der Waals surface area contributed by atoms with E-state index in [9.17, 15) is 9.59 Å². The molecule has 1 rings (SSSR count). The summed E-state index contributed by atoms with van der Waals surface area (Å²) in [5.41, 5.74) is 1.72. The second kappa shape index (κ2) is 6.39. The second-order valence-corrected chi connectivity index (χ2v) is 4.67. The van der Waals surface area contributed by atoms with E-state index in [1.165, 1.54) is 0 Å². The number of halogens is 1. The molecule has 1 aromatic carbocycles. The summed E-state index contributed by atoms with van der Waals surface area (Å²) in [6.45, 7) is 1.90. The van der Waals surface area contributed by atoms with E-state index in [1.54, 1.807) is 0 Å². The quantitative estimate of drug-likeness (QED) is 0.878. The highest BCUT2D eigenvalue weighted by molar-refractivity contribution is 9.10. The number of amides is 1. The zero-order valence-electron chi connectivity index (χ0n) is 9.50. The maximum absolute atomic E-state index is 11.5. The lowest BCUT2D eigenvalue weighted by molar-refractivity contribution is -0.137. The lowest BCUT2D eigenvalue weighted by Gasteiger charge is -2.08. The summed E-state index contributed by atoms with van der Waals surface area (Å²) in [5, 5.41) is 11.2. The number of carboxylic acid groups (broad SMARTS) is 1. The molecule has 2 N–H and O–H groups in total. The van der Waals surface area contributed by atoms with E-state index in [-0.39, 0.29) is 18.7 Å². The van der Waals surface area contributed by atoms with Crippen LogP contribution in [0.4, 0.5) is 5.69 Å². The van der Waals surface area contributed by atoms with Gasteiger partial charge in [-0.15, -0.1) is 0 Å². The van der Waals surface area contributed by atoms with Gasteiger partial charge in [0.25, 0.3) is 0 Å². The van der Waals surface area contributed by atoms with Crippen molar-refractivity contribution in [3.8, 4) is 0 Å². The van der Waals surface area contributed by atoms with Crippen LogP contribution in [0.5, 0.6) is 0 Å². The smallest absolute Gasteiger partial charge is 0.303 e. The van der Waals surface area contributed by atoms with Gasteiger partial charge in [0.1, 0.15) is 0 Å². The number of benzene rings is 1. The fourth-order valence-corrected chi connectivity index (χ4v) is 1.70. The van der Waals surface area contributed by atoms with Crippen molar-refractivity contribution in [2.45, 2.75) is 26.2 Å². The minimum absolute atomic E-state index is 0.0187. The molecule has 5 heteroatoms. The van der Waals surface area contributed by atoms with E-state index in [0.29, 0.717) is 6.42 Å². The summed E-state index contributed by atoms with van der Waals surface area (Å²) < 4.78 is 0.893. The number of aryl methyl sites for hydroxylation is 1. The molecule has 1 amide bonds. The topological polar surface area (TPSA) is 66.4 Å². The Morgan fingerprint density at radius 1 is 1.35 bits per heavy atom. The molecule has 0 fully saturated rings. The van der Waals surface area contributed by atoms with Gasteiger partial charge in [0, 0.05) is 23.0 Å². The molecule has 92 valence electrons. The summed E-state index contributed by atoms with van der Waals surface area (Å²) in [5.74, 6) is -1.04. The number of carbonyl (C=O) groups excluding carboxylic acids is 1. The van der Waals surface area contributed by atoms with Crippen LogP contribution >= 0.6 is 15.9 Å². The van der Waals surface area contributed by atoms with Gasteiger partial charge >= 0.3 is 5.97 Å². The predicted octanol–water partition coefficient (Wildman–Crippen LogP) is 2.95. The first-order chi connectivity index (χ1) is 7.99. The average Bonchev–Trinajstić information content (AvgIpc) is 2.23. The fraction of sp³-hybridized carbons (Fsp3) is 0.333. The van der Waals surface area contributed by atoms with E-state index in [4.69, 9.17) is 5.11 Å². The minimum atomic E-state index is -0.878. The van der Waals surface area contributed by atoms with E-state index in [1.807, 2.05) is 25.1 Å². The van der Waals surface area contributed by atoms with Gasteiger partial charge in [-0.2, -0.15) is 0 Å². The molecule has 0 spiro atoms. The second-order valence-electron chi connectivity index (χ2n) is 3.75. The molecule has 0 heterocycles. The Balaban J connectivity index is 2.50. The summed E-state index contributed by atoms with van der Waals surface area (Å²) in [6.07, 6.45) is 0.595. The third kappa shape index (κ3) is 4.99. The van der Waals surface area contributed by atoms with Gasteiger partial charge in [0.2, 0.25) is 5.91 Å². The molecule has 0 radical (unpaired) electrons. The van der Waals surface area contributed by atoms with Crippen molar-refractivity contribution in [3.63, 3.8) is 0 Å². The Hall–Kier alpha value is -1.36. The molecule has 0 aliphatic carbocycles. The van der Waals surface area contributed by atoms with Crippen molar-refractivity contribution < 1.29 is 14.7 Å². The SMILES string of the molecule is Cc1ccc(Br)cc1NC(=O)CCCC(=O)O. The van der Waals surface area contributed by atoms with Crippen LogP contribution in [0.15, 0.2) is 22.7 Å². The van der Waals surface area contributed by atoms with E-state index < -0.39 is 5.97 Å². The molecule has 4 nitrogen and oxygen atoms in total. The molecule has 0 bridgehead atoms. The lowest BCUT2D eigenvalue weighted by Crippen LogP contribution is -2.12. The Labute approximate surface area is 108 Å². The first-order valence-corrected chi connectivity index (χ1v) is 6.06. The molecule has 0 saturated heterocycles. The molecule has 0 unspecified atom stereocenters. The first kappa shape index (κ1) is 13.7. The van der Waals surface area contributed by atoms with Crippen LogP contribution in [-0.2, 0) is 9.59 Å². The number of carbonyl (C=O) groups is 2. The standard InChI is InChI=1S/C12H14BrNO3/c1-8-5-6-9(13)7-10(8)14-11(15)3-2-4-12(16)17/h5-7H,2-4H2,1H3,(H,14,15)(H,16,17). The van der Waals surface area contributed by atoms with Crippen LogP contribution in [0.25, 0.3) is 0 Å². The van der Waals surface area contributed by atoms with Crippen molar-refractivity contribution in [1.82, 2.24) is 0 Å². The number of anilines is 1. The van der Waals surface area contributed by atoms with Gasteiger partial charge in [0.15, 0.2) is 0 Å². The Morgan fingerprint density at radius 2 is 2.06 bits per heavy atom. The van der Waals surface area contributed by atoms with Crippen molar-refractivity contribution in [2.24, 2.45) is 0 Å². The maximum Gasteiger partial charge on any atom is 0.303 e. The van der Waals surface area contributed by atoms with Gasteiger partial charge < -0.3 is 10.4 Å².